The van der Waals surface area contributed by atoms with Crippen molar-refractivity contribution in [1.29, 1.82) is 0 Å². The Labute approximate surface area is 117 Å². The van der Waals surface area contributed by atoms with E-state index < -0.39 is 49.1 Å². The molecule has 2 N–H and O–H groups in total. The summed E-state index contributed by atoms with van der Waals surface area (Å²) in [5.74, 6) is -1.56. The third-order valence-electron chi connectivity index (χ3n) is 3.32. The monoisotopic (exact) mass is 290 g/mol. The summed E-state index contributed by atoms with van der Waals surface area (Å²) < 4.78 is 22.1. The van der Waals surface area contributed by atoms with Gasteiger partial charge < -0.3 is 29.2 Å². The maximum Gasteiger partial charge on any atom is 0.308 e. The Kier molecular flexibility index (Phi) is 4.36. The highest BCUT2D eigenvalue weighted by molar-refractivity contribution is 5.71. The molecule has 0 aliphatic carbocycles. The molecule has 2 fully saturated rings. The van der Waals surface area contributed by atoms with Gasteiger partial charge in [-0.15, -0.1) is 0 Å². The van der Waals surface area contributed by atoms with Crippen LogP contribution < -0.4 is 0 Å². The van der Waals surface area contributed by atoms with Crippen LogP contribution in [0.2, 0.25) is 0 Å². The van der Waals surface area contributed by atoms with Crippen LogP contribution in [0.4, 0.5) is 0 Å². The Morgan fingerprint density at radius 2 is 2.00 bits per heavy atom. The first-order valence-electron chi connectivity index (χ1n) is 6.75. The number of hydrogen-bond acceptors (Lipinski definition) is 7. The molecule has 116 valence electrons. The number of hydrogen-bond donors (Lipinski definition) is 2. The largest absolute Gasteiger partial charge is 0.456 e. The Balaban J connectivity index is 2.14. The average molecular weight is 290 g/mol. The van der Waals surface area contributed by atoms with Crippen molar-refractivity contribution in [3.63, 3.8) is 0 Å². The van der Waals surface area contributed by atoms with Gasteiger partial charge in [0.15, 0.2) is 24.3 Å². The number of aliphatic hydroxyl groups excluding tert-OH is 2. The second kappa shape index (κ2) is 5.57. The highest BCUT2D eigenvalue weighted by atomic mass is 16.8. The number of rotatable bonds is 4. The number of carbonyl (C=O) groups excluding carboxylic acids is 1. The summed E-state index contributed by atoms with van der Waals surface area (Å²) in [5.41, 5.74) is 0. The van der Waals surface area contributed by atoms with Crippen LogP contribution in [0, 0.1) is 5.92 Å². The van der Waals surface area contributed by atoms with E-state index >= 15 is 0 Å². The summed E-state index contributed by atoms with van der Waals surface area (Å²) >= 11 is 0. The molecular formula is C13H22O7. The van der Waals surface area contributed by atoms with Gasteiger partial charge in [-0.05, 0) is 13.8 Å². The molecule has 0 aromatic rings. The maximum absolute atomic E-state index is 11.8. The zero-order chi connectivity index (χ0) is 15.1. The van der Waals surface area contributed by atoms with E-state index in [0.717, 1.165) is 0 Å². The summed E-state index contributed by atoms with van der Waals surface area (Å²) in [6.07, 6.45) is -4.17. The van der Waals surface area contributed by atoms with Crippen LogP contribution in [0.15, 0.2) is 0 Å². The Morgan fingerprint density at radius 3 is 2.55 bits per heavy atom. The van der Waals surface area contributed by atoms with Crippen LogP contribution in [0.1, 0.15) is 27.7 Å². The molecule has 0 aromatic carbocycles. The Bertz CT molecular complexity index is 368. The highest BCUT2D eigenvalue weighted by Crippen LogP contribution is 2.39. The topological polar surface area (TPSA) is 94.5 Å². The van der Waals surface area contributed by atoms with Crippen molar-refractivity contribution < 1.29 is 34.0 Å². The van der Waals surface area contributed by atoms with Gasteiger partial charge in [0.25, 0.3) is 0 Å². The number of carbonyl (C=O) groups is 1. The predicted octanol–water partition coefficient (Wildman–Crippen LogP) is -0.216. The van der Waals surface area contributed by atoms with E-state index in [0.29, 0.717) is 0 Å². The van der Waals surface area contributed by atoms with Crippen LogP contribution in [0.5, 0.6) is 0 Å². The molecule has 0 radical (unpaired) electrons. The molecular weight excluding hydrogens is 268 g/mol. The minimum atomic E-state index is -1.17. The lowest BCUT2D eigenvalue weighted by Crippen LogP contribution is -2.45. The van der Waals surface area contributed by atoms with Gasteiger partial charge in [0.2, 0.25) is 0 Å². The van der Waals surface area contributed by atoms with Gasteiger partial charge in [0.1, 0.15) is 12.2 Å². The normalized spacial score (nSPS) is 37.0. The van der Waals surface area contributed by atoms with Gasteiger partial charge in [0.05, 0.1) is 12.5 Å². The molecule has 2 aliphatic rings. The van der Waals surface area contributed by atoms with Crippen molar-refractivity contribution in [2.75, 3.05) is 6.61 Å². The lowest BCUT2D eigenvalue weighted by atomic mass is 10.1. The molecule has 0 spiro atoms. The van der Waals surface area contributed by atoms with Crippen LogP contribution in [-0.4, -0.2) is 59.3 Å². The van der Waals surface area contributed by atoms with E-state index in [1.807, 2.05) is 0 Å². The summed E-state index contributed by atoms with van der Waals surface area (Å²) in [6, 6.07) is 0. The summed E-state index contributed by atoms with van der Waals surface area (Å²) in [6.45, 7) is 6.39. The van der Waals surface area contributed by atoms with Crippen LogP contribution in [0.25, 0.3) is 0 Å². The molecule has 2 saturated heterocycles. The van der Waals surface area contributed by atoms with Crippen molar-refractivity contribution >= 4 is 5.97 Å². The molecule has 20 heavy (non-hydrogen) atoms. The standard InChI is InChI=1S/C13H22O7/c1-6(2)11(16)17-9-8(7(15)5-14)18-12-10(9)19-13(3,4)20-12/h6-10,12,14-15H,5H2,1-4H3/t7?,8-,9+,10-,12?/m1/s1. The first-order valence-corrected chi connectivity index (χ1v) is 6.75. The lowest BCUT2D eigenvalue weighted by molar-refractivity contribution is -0.231. The van der Waals surface area contributed by atoms with E-state index in [9.17, 15) is 9.90 Å². The van der Waals surface area contributed by atoms with Crippen molar-refractivity contribution in [1.82, 2.24) is 0 Å². The molecule has 0 saturated carbocycles. The quantitative estimate of drug-likeness (QED) is 0.691. The number of aliphatic hydroxyl groups is 2. The molecule has 2 unspecified atom stereocenters. The summed E-state index contributed by atoms with van der Waals surface area (Å²) in [7, 11) is 0. The number of ether oxygens (including phenoxy) is 4. The molecule has 7 heteroatoms. The van der Waals surface area contributed by atoms with Gasteiger partial charge >= 0.3 is 5.97 Å². The van der Waals surface area contributed by atoms with E-state index in [2.05, 4.69) is 0 Å². The van der Waals surface area contributed by atoms with Crippen molar-refractivity contribution in [3.8, 4) is 0 Å². The summed E-state index contributed by atoms with van der Waals surface area (Å²) in [5, 5.41) is 18.9. The smallest absolute Gasteiger partial charge is 0.308 e. The van der Waals surface area contributed by atoms with Gasteiger partial charge in [-0.1, -0.05) is 13.8 Å². The molecule has 7 nitrogen and oxygen atoms in total. The van der Waals surface area contributed by atoms with E-state index in [1.165, 1.54) is 0 Å². The third kappa shape index (κ3) is 2.96. The SMILES string of the molecule is CC(C)C(=O)O[C@H]1[C@@H](C(O)CO)OC2OC(C)(C)O[C@@H]21. The third-order valence-corrected chi connectivity index (χ3v) is 3.32. The minimum Gasteiger partial charge on any atom is -0.456 e. The highest BCUT2D eigenvalue weighted by Gasteiger charge is 2.58. The molecule has 2 aliphatic heterocycles. The molecule has 2 rings (SSSR count). The fraction of sp³-hybridized carbons (Fsp3) is 0.923. The van der Waals surface area contributed by atoms with E-state index in [4.69, 9.17) is 24.1 Å². The van der Waals surface area contributed by atoms with Crippen molar-refractivity contribution in [3.05, 3.63) is 0 Å². The minimum absolute atomic E-state index is 0.309. The predicted molar refractivity (Wildman–Crippen MR) is 66.5 cm³/mol. The zero-order valence-corrected chi connectivity index (χ0v) is 12.1. The second-order valence-corrected chi connectivity index (χ2v) is 5.88. The second-order valence-electron chi connectivity index (χ2n) is 5.88. The fourth-order valence-corrected chi connectivity index (χ4v) is 2.32. The first kappa shape index (κ1) is 15.7. The van der Waals surface area contributed by atoms with Crippen LogP contribution in [0.3, 0.4) is 0 Å². The zero-order valence-electron chi connectivity index (χ0n) is 12.1. The number of fused-ring (bicyclic) bond motifs is 1. The maximum atomic E-state index is 11.8. The van der Waals surface area contributed by atoms with E-state index in [-0.39, 0.29) is 5.92 Å². The van der Waals surface area contributed by atoms with Crippen LogP contribution >= 0.6 is 0 Å². The van der Waals surface area contributed by atoms with Gasteiger partial charge in [-0.2, -0.15) is 0 Å². The number of esters is 1. The lowest BCUT2D eigenvalue weighted by Gasteiger charge is -2.28. The average Bonchev–Trinajstić information content (AvgIpc) is 2.81. The molecule has 5 atom stereocenters. The van der Waals surface area contributed by atoms with Crippen molar-refractivity contribution in [2.45, 2.75) is 64.2 Å². The fourth-order valence-electron chi connectivity index (χ4n) is 2.32. The molecule has 0 amide bonds. The Morgan fingerprint density at radius 1 is 1.35 bits per heavy atom. The molecule has 0 bridgehead atoms. The van der Waals surface area contributed by atoms with Gasteiger partial charge in [0, 0.05) is 0 Å². The van der Waals surface area contributed by atoms with Crippen molar-refractivity contribution in [2.24, 2.45) is 5.92 Å². The van der Waals surface area contributed by atoms with Gasteiger partial charge in [-0.25, -0.2) is 0 Å². The molecule has 2 heterocycles. The van der Waals surface area contributed by atoms with E-state index in [1.54, 1.807) is 27.7 Å². The van der Waals surface area contributed by atoms with Crippen LogP contribution in [-0.2, 0) is 23.7 Å². The molecule has 0 aromatic heterocycles. The Hall–Kier alpha value is -0.730. The first-order chi connectivity index (χ1) is 9.25. The van der Waals surface area contributed by atoms with Gasteiger partial charge in [-0.3, -0.25) is 4.79 Å². The summed E-state index contributed by atoms with van der Waals surface area (Å²) in [4.78, 5) is 11.8.